The fourth-order valence-electron chi connectivity index (χ4n) is 3.83. The van der Waals surface area contributed by atoms with E-state index in [-0.39, 0.29) is 5.92 Å². The number of carboxylic acids is 1. The van der Waals surface area contributed by atoms with Gasteiger partial charge >= 0.3 is 12.1 Å². The summed E-state index contributed by atoms with van der Waals surface area (Å²) in [4.78, 5) is 39.1. The van der Waals surface area contributed by atoms with Crippen molar-refractivity contribution in [2.75, 3.05) is 6.54 Å². The third-order valence-electron chi connectivity index (χ3n) is 5.39. The SMILES string of the molecule is CC(C)(C)OC(=O)N1CCCCC1C(=O)NC1(C(=O)O)CC1c1ccc(Br)cc1. The standard InChI is InChI=1S/C21H27BrN2O5/c1-20(2,3)29-19(28)24-11-5-4-6-16(24)17(25)23-21(18(26)27)12-15(21)13-7-9-14(22)10-8-13/h7-10,15-16H,4-6,11-12H2,1-3H3,(H,23,25)(H,26,27). The number of carboxylic acid groups (broad SMARTS) is 1. The van der Waals surface area contributed by atoms with Crippen molar-refractivity contribution >= 4 is 33.9 Å². The van der Waals surface area contributed by atoms with Crippen molar-refractivity contribution in [3.05, 3.63) is 34.3 Å². The second-order valence-electron chi connectivity index (χ2n) is 8.76. The maximum Gasteiger partial charge on any atom is 0.410 e. The Balaban J connectivity index is 1.75. The van der Waals surface area contributed by atoms with Gasteiger partial charge in [-0.05, 0) is 64.2 Å². The zero-order valence-corrected chi connectivity index (χ0v) is 18.5. The molecule has 3 atom stereocenters. The van der Waals surface area contributed by atoms with E-state index in [0.717, 1.165) is 22.9 Å². The molecule has 2 aliphatic rings. The number of piperidine rings is 1. The molecule has 7 nitrogen and oxygen atoms in total. The van der Waals surface area contributed by atoms with E-state index < -0.39 is 35.2 Å². The van der Waals surface area contributed by atoms with E-state index in [1.54, 1.807) is 20.8 Å². The van der Waals surface area contributed by atoms with Crippen molar-refractivity contribution in [3.8, 4) is 0 Å². The molecule has 2 fully saturated rings. The van der Waals surface area contributed by atoms with Crippen LogP contribution in [-0.4, -0.2) is 51.7 Å². The number of nitrogens with one attached hydrogen (secondary N) is 1. The lowest BCUT2D eigenvalue weighted by Crippen LogP contribution is -2.56. The fraction of sp³-hybridized carbons (Fsp3) is 0.571. The Morgan fingerprint density at radius 3 is 2.45 bits per heavy atom. The lowest BCUT2D eigenvalue weighted by Gasteiger charge is -2.36. The monoisotopic (exact) mass is 466 g/mol. The van der Waals surface area contributed by atoms with Crippen molar-refractivity contribution in [2.24, 2.45) is 0 Å². The topological polar surface area (TPSA) is 95.9 Å². The van der Waals surface area contributed by atoms with Gasteiger partial charge in [0, 0.05) is 16.9 Å². The number of aliphatic carboxylic acids is 1. The Kier molecular flexibility index (Phi) is 5.94. The normalized spacial score (nSPS) is 26.6. The van der Waals surface area contributed by atoms with Crippen molar-refractivity contribution in [1.82, 2.24) is 10.2 Å². The summed E-state index contributed by atoms with van der Waals surface area (Å²) < 4.78 is 6.34. The van der Waals surface area contributed by atoms with Gasteiger partial charge in [0.05, 0.1) is 0 Å². The number of likely N-dealkylation sites (tertiary alicyclic amines) is 1. The lowest BCUT2D eigenvalue weighted by molar-refractivity contribution is -0.144. The van der Waals surface area contributed by atoms with Gasteiger partial charge in [0.25, 0.3) is 0 Å². The Bertz CT molecular complexity index is 804. The van der Waals surface area contributed by atoms with E-state index in [4.69, 9.17) is 4.74 Å². The summed E-state index contributed by atoms with van der Waals surface area (Å²) in [7, 11) is 0. The minimum absolute atomic E-state index is 0.296. The summed E-state index contributed by atoms with van der Waals surface area (Å²) >= 11 is 3.37. The molecule has 1 aromatic rings. The van der Waals surface area contributed by atoms with Crippen LogP contribution in [-0.2, 0) is 14.3 Å². The van der Waals surface area contributed by atoms with Crippen LogP contribution in [0, 0.1) is 0 Å². The summed E-state index contributed by atoms with van der Waals surface area (Å²) in [6.45, 7) is 5.74. The highest BCUT2D eigenvalue weighted by atomic mass is 79.9. The predicted molar refractivity (Wildman–Crippen MR) is 111 cm³/mol. The molecule has 3 unspecified atom stereocenters. The number of ether oxygens (including phenoxy) is 1. The van der Waals surface area contributed by atoms with Crippen LogP contribution in [0.1, 0.15) is 57.9 Å². The van der Waals surface area contributed by atoms with Crippen LogP contribution in [0.3, 0.4) is 0 Å². The maximum absolute atomic E-state index is 13.0. The van der Waals surface area contributed by atoms with Crippen molar-refractivity contribution in [3.63, 3.8) is 0 Å². The molecule has 29 heavy (non-hydrogen) atoms. The lowest BCUT2D eigenvalue weighted by atomic mass is 10.0. The number of carbonyl (C=O) groups excluding carboxylic acids is 2. The number of hydrogen-bond donors (Lipinski definition) is 2. The minimum Gasteiger partial charge on any atom is -0.479 e. The van der Waals surface area contributed by atoms with E-state index in [1.165, 1.54) is 4.90 Å². The first-order valence-electron chi connectivity index (χ1n) is 9.84. The third kappa shape index (κ3) is 4.74. The highest BCUT2D eigenvalue weighted by molar-refractivity contribution is 9.10. The second kappa shape index (κ2) is 7.97. The Hall–Kier alpha value is -2.09. The summed E-state index contributed by atoms with van der Waals surface area (Å²) in [5, 5.41) is 12.6. The Morgan fingerprint density at radius 1 is 1.21 bits per heavy atom. The Morgan fingerprint density at radius 2 is 1.86 bits per heavy atom. The Labute approximate surface area is 178 Å². The molecule has 1 saturated carbocycles. The molecule has 2 N–H and O–H groups in total. The number of rotatable bonds is 4. The fourth-order valence-corrected chi connectivity index (χ4v) is 4.10. The number of hydrogen-bond acceptors (Lipinski definition) is 4. The molecule has 1 aromatic carbocycles. The van der Waals surface area contributed by atoms with Crippen molar-refractivity contribution < 1.29 is 24.2 Å². The smallest absolute Gasteiger partial charge is 0.410 e. The highest BCUT2D eigenvalue weighted by Gasteiger charge is 2.62. The van der Waals surface area contributed by atoms with Gasteiger partial charge < -0.3 is 15.2 Å². The molecular formula is C21H27BrN2O5. The molecule has 0 bridgehead atoms. The number of halogens is 1. The summed E-state index contributed by atoms with van der Waals surface area (Å²) in [6.07, 6.45) is 1.86. The quantitative estimate of drug-likeness (QED) is 0.705. The van der Waals surface area contributed by atoms with Gasteiger partial charge in [0.15, 0.2) is 0 Å². The molecule has 2 amide bonds. The minimum atomic E-state index is -1.33. The maximum atomic E-state index is 13.0. The van der Waals surface area contributed by atoms with Gasteiger partial charge in [-0.25, -0.2) is 9.59 Å². The van der Waals surface area contributed by atoms with Gasteiger partial charge in [-0.15, -0.1) is 0 Å². The molecule has 158 valence electrons. The summed E-state index contributed by atoms with van der Waals surface area (Å²) in [5.41, 5.74) is -1.13. The number of carbonyl (C=O) groups is 3. The van der Waals surface area contributed by atoms with Crippen LogP contribution in [0.4, 0.5) is 4.79 Å². The summed E-state index contributed by atoms with van der Waals surface area (Å²) in [6, 6.07) is 6.71. The molecular weight excluding hydrogens is 440 g/mol. The number of nitrogens with zero attached hydrogens (tertiary/aromatic N) is 1. The first kappa shape index (κ1) is 21.6. The van der Waals surface area contributed by atoms with E-state index in [0.29, 0.717) is 19.4 Å². The molecule has 1 saturated heterocycles. The molecule has 1 aliphatic carbocycles. The second-order valence-corrected chi connectivity index (χ2v) is 9.68. The van der Waals surface area contributed by atoms with Crippen LogP contribution in [0.5, 0.6) is 0 Å². The summed E-state index contributed by atoms with van der Waals surface area (Å²) in [5.74, 6) is -1.79. The third-order valence-corrected chi connectivity index (χ3v) is 5.92. The van der Waals surface area contributed by atoms with Crippen LogP contribution >= 0.6 is 15.9 Å². The molecule has 8 heteroatoms. The van der Waals surface area contributed by atoms with Crippen LogP contribution < -0.4 is 5.32 Å². The zero-order valence-electron chi connectivity index (χ0n) is 16.9. The average Bonchev–Trinajstić information content (AvgIpc) is 3.36. The average molecular weight is 467 g/mol. The molecule has 1 aliphatic heterocycles. The van der Waals surface area contributed by atoms with Gasteiger partial charge in [-0.3, -0.25) is 9.69 Å². The molecule has 0 spiro atoms. The van der Waals surface area contributed by atoms with Crippen LogP contribution in [0.2, 0.25) is 0 Å². The van der Waals surface area contributed by atoms with Gasteiger partial charge in [-0.1, -0.05) is 28.1 Å². The van der Waals surface area contributed by atoms with E-state index in [2.05, 4.69) is 21.2 Å². The highest BCUT2D eigenvalue weighted by Crippen LogP contribution is 2.52. The van der Waals surface area contributed by atoms with Crippen LogP contribution in [0.15, 0.2) is 28.7 Å². The van der Waals surface area contributed by atoms with Crippen molar-refractivity contribution in [1.29, 1.82) is 0 Å². The van der Waals surface area contributed by atoms with E-state index in [1.807, 2.05) is 24.3 Å². The molecule has 1 heterocycles. The molecule has 0 radical (unpaired) electrons. The van der Waals surface area contributed by atoms with E-state index >= 15 is 0 Å². The first-order chi connectivity index (χ1) is 13.5. The van der Waals surface area contributed by atoms with Crippen molar-refractivity contribution in [2.45, 2.75) is 69.6 Å². The first-order valence-corrected chi connectivity index (χ1v) is 10.6. The van der Waals surface area contributed by atoms with Gasteiger partial charge in [-0.2, -0.15) is 0 Å². The van der Waals surface area contributed by atoms with Gasteiger partial charge in [0.2, 0.25) is 5.91 Å². The number of amides is 2. The predicted octanol–water partition coefficient (Wildman–Crippen LogP) is 3.67. The molecule has 3 rings (SSSR count). The largest absolute Gasteiger partial charge is 0.479 e. The van der Waals surface area contributed by atoms with Gasteiger partial charge in [0.1, 0.15) is 17.2 Å². The number of benzene rings is 1. The molecule has 0 aromatic heterocycles. The van der Waals surface area contributed by atoms with Crippen LogP contribution in [0.25, 0.3) is 0 Å². The van der Waals surface area contributed by atoms with E-state index in [9.17, 15) is 19.5 Å². The zero-order chi connectivity index (χ0) is 21.4.